The summed E-state index contributed by atoms with van der Waals surface area (Å²) in [7, 11) is 8.62. The summed E-state index contributed by atoms with van der Waals surface area (Å²) < 4.78 is 12.1. The maximum Gasteiger partial charge on any atom is 0.172 e. The molecule has 0 heterocycles. The summed E-state index contributed by atoms with van der Waals surface area (Å²) in [4.78, 5) is 0. The number of benzene rings is 2. The molecule has 2 aromatic rings. The molecule has 23 heavy (non-hydrogen) atoms. The summed E-state index contributed by atoms with van der Waals surface area (Å²) in [5, 5.41) is 0. The summed E-state index contributed by atoms with van der Waals surface area (Å²) in [5.74, 6) is 0. The van der Waals surface area contributed by atoms with Crippen molar-refractivity contribution < 1.29 is 0 Å². The SMILES string of the molecule is CN(C)P(=Nc1ccccc1)(N(C)C)N(C)Cc1ccccc1. The molecule has 0 spiro atoms. The van der Waals surface area contributed by atoms with Gasteiger partial charge >= 0.3 is 0 Å². The van der Waals surface area contributed by atoms with Gasteiger partial charge in [-0.1, -0.05) is 48.5 Å². The maximum atomic E-state index is 5.17. The van der Waals surface area contributed by atoms with Crippen molar-refractivity contribution >= 4 is 13.2 Å². The normalized spacial score (nSPS) is 12.2. The molecule has 4 nitrogen and oxygen atoms in total. The summed E-state index contributed by atoms with van der Waals surface area (Å²) >= 11 is 0. The van der Waals surface area contributed by atoms with Crippen LogP contribution in [0.5, 0.6) is 0 Å². The largest absolute Gasteiger partial charge is 0.252 e. The molecule has 0 saturated heterocycles. The van der Waals surface area contributed by atoms with E-state index in [4.69, 9.17) is 4.74 Å². The monoisotopic (exact) mass is 330 g/mol. The highest BCUT2D eigenvalue weighted by Crippen LogP contribution is 2.58. The van der Waals surface area contributed by atoms with Gasteiger partial charge in [0.15, 0.2) is 7.51 Å². The molecule has 0 atom stereocenters. The van der Waals surface area contributed by atoms with Crippen LogP contribution in [0.1, 0.15) is 5.56 Å². The molecular formula is C18H27N4P. The zero-order valence-corrected chi connectivity index (χ0v) is 15.6. The van der Waals surface area contributed by atoms with Crippen LogP contribution in [-0.4, -0.2) is 49.2 Å². The van der Waals surface area contributed by atoms with Crippen LogP contribution in [0.4, 0.5) is 5.69 Å². The van der Waals surface area contributed by atoms with Gasteiger partial charge in [0.25, 0.3) is 0 Å². The average Bonchev–Trinajstić information content (AvgIpc) is 2.53. The summed E-state index contributed by atoms with van der Waals surface area (Å²) in [6, 6.07) is 20.8. The van der Waals surface area contributed by atoms with Gasteiger partial charge in [-0.15, -0.1) is 0 Å². The van der Waals surface area contributed by atoms with E-state index in [1.165, 1.54) is 5.56 Å². The van der Waals surface area contributed by atoms with Gasteiger partial charge in [-0.25, -0.2) is 9.42 Å². The molecule has 2 aromatic carbocycles. The molecule has 0 bridgehead atoms. The van der Waals surface area contributed by atoms with Gasteiger partial charge in [0.1, 0.15) is 0 Å². The minimum absolute atomic E-state index is 0.862. The lowest BCUT2D eigenvalue weighted by Gasteiger charge is -2.42. The second-order valence-corrected chi connectivity index (χ2v) is 9.52. The van der Waals surface area contributed by atoms with E-state index in [0.29, 0.717) is 0 Å². The Hall–Kier alpha value is -1.45. The summed E-state index contributed by atoms with van der Waals surface area (Å²) in [5.41, 5.74) is 2.31. The lowest BCUT2D eigenvalue weighted by molar-refractivity contribution is 0.427. The topological polar surface area (TPSA) is 22.1 Å². The number of hydrogen-bond acceptors (Lipinski definition) is 1. The molecule has 0 aliphatic rings. The van der Waals surface area contributed by atoms with Crippen molar-refractivity contribution in [2.45, 2.75) is 6.54 Å². The van der Waals surface area contributed by atoms with Crippen molar-refractivity contribution in [2.24, 2.45) is 4.74 Å². The van der Waals surface area contributed by atoms with Crippen LogP contribution in [0.2, 0.25) is 0 Å². The van der Waals surface area contributed by atoms with Crippen molar-refractivity contribution in [1.29, 1.82) is 0 Å². The molecule has 5 heteroatoms. The van der Waals surface area contributed by atoms with Gasteiger partial charge in [0.05, 0.1) is 5.69 Å². The van der Waals surface area contributed by atoms with Crippen molar-refractivity contribution in [3.8, 4) is 0 Å². The maximum absolute atomic E-state index is 5.17. The number of hydrogen-bond donors (Lipinski definition) is 0. The van der Waals surface area contributed by atoms with Crippen molar-refractivity contribution in [3.05, 3.63) is 66.2 Å². The molecule has 2 rings (SSSR count). The molecule has 0 fully saturated rings. The first-order valence-corrected chi connectivity index (χ1v) is 9.35. The quantitative estimate of drug-likeness (QED) is 0.727. The molecule has 0 radical (unpaired) electrons. The van der Waals surface area contributed by atoms with Crippen LogP contribution in [-0.2, 0) is 6.54 Å². The van der Waals surface area contributed by atoms with Crippen LogP contribution in [0.3, 0.4) is 0 Å². The van der Waals surface area contributed by atoms with E-state index in [2.05, 4.69) is 91.7 Å². The first kappa shape index (κ1) is 17.9. The van der Waals surface area contributed by atoms with E-state index in [0.717, 1.165) is 12.2 Å². The van der Waals surface area contributed by atoms with Gasteiger partial charge in [-0.3, -0.25) is 9.34 Å². The Kier molecular flexibility index (Phi) is 6.14. The van der Waals surface area contributed by atoms with Gasteiger partial charge < -0.3 is 0 Å². The van der Waals surface area contributed by atoms with Gasteiger partial charge in [-0.2, -0.15) is 0 Å². The van der Waals surface area contributed by atoms with Gasteiger partial charge in [-0.05, 0) is 52.9 Å². The zero-order chi connectivity index (χ0) is 16.9. The lowest BCUT2D eigenvalue weighted by Crippen LogP contribution is -2.32. The van der Waals surface area contributed by atoms with Gasteiger partial charge in [0.2, 0.25) is 0 Å². The third-order valence-corrected chi connectivity index (χ3v) is 7.49. The van der Waals surface area contributed by atoms with Crippen molar-refractivity contribution in [3.63, 3.8) is 0 Å². The fourth-order valence-electron chi connectivity index (χ4n) is 2.82. The minimum atomic E-state index is -1.99. The first-order chi connectivity index (χ1) is 11.0. The predicted octanol–water partition coefficient (Wildman–Crippen LogP) is 4.52. The Morgan fingerprint density at radius 1 is 0.739 bits per heavy atom. The Morgan fingerprint density at radius 3 is 1.70 bits per heavy atom. The van der Waals surface area contributed by atoms with Crippen LogP contribution >= 0.6 is 7.51 Å². The molecule has 0 N–H and O–H groups in total. The molecule has 0 aromatic heterocycles. The molecule has 124 valence electrons. The smallest absolute Gasteiger partial charge is 0.172 e. The number of rotatable bonds is 6. The zero-order valence-electron chi connectivity index (χ0n) is 14.7. The van der Waals surface area contributed by atoms with Crippen LogP contribution in [0.15, 0.2) is 65.4 Å². The van der Waals surface area contributed by atoms with E-state index in [-0.39, 0.29) is 0 Å². The predicted molar refractivity (Wildman–Crippen MR) is 101 cm³/mol. The standard InChI is InChI=1S/C18H27N4P/c1-20(2)23(21(3)4,19-18-14-10-7-11-15-18)22(5)16-17-12-8-6-9-13-17/h6-15H,16H2,1-5H3. The van der Waals surface area contributed by atoms with Gasteiger partial charge in [0, 0.05) is 6.54 Å². The average molecular weight is 330 g/mol. The molecule has 0 amide bonds. The Morgan fingerprint density at radius 2 is 1.22 bits per heavy atom. The highest BCUT2D eigenvalue weighted by Gasteiger charge is 2.30. The molecular weight excluding hydrogens is 303 g/mol. The van der Waals surface area contributed by atoms with E-state index >= 15 is 0 Å². The Balaban J connectivity index is 2.47. The summed E-state index contributed by atoms with van der Waals surface area (Å²) in [6.45, 7) is 0.862. The fourth-order valence-corrected chi connectivity index (χ4v) is 6.06. The molecule has 0 unspecified atom stereocenters. The molecule has 0 saturated carbocycles. The third kappa shape index (κ3) is 4.10. The molecule has 0 aliphatic heterocycles. The van der Waals surface area contributed by atoms with Crippen LogP contribution in [0, 0.1) is 0 Å². The van der Waals surface area contributed by atoms with E-state index in [1.54, 1.807) is 0 Å². The number of nitrogens with zero attached hydrogens (tertiary/aromatic N) is 4. The first-order valence-electron chi connectivity index (χ1n) is 7.75. The Labute approximate surface area is 140 Å². The highest BCUT2D eigenvalue weighted by atomic mass is 31.2. The van der Waals surface area contributed by atoms with E-state index in [9.17, 15) is 0 Å². The highest BCUT2D eigenvalue weighted by molar-refractivity contribution is 7.59. The Bertz CT molecular complexity index is 641. The minimum Gasteiger partial charge on any atom is -0.252 e. The third-order valence-electron chi connectivity index (χ3n) is 3.79. The van der Waals surface area contributed by atoms with E-state index in [1.807, 2.05) is 18.2 Å². The van der Waals surface area contributed by atoms with Crippen LogP contribution in [0.25, 0.3) is 0 Å². The van der Waals surface area contributed by atoms with Crippen molar-refractivity contribution in [1.82, 2.24) is 14.0 Å². The van der Waals surface area contributed by atoms with Crippen molar-refractivity contribution in [2.75, 3.05) is 35.2 Å². The van der Waals surface area contributed by atoms with Crippen LogP contribution < -0.4 is 0 Å². The van der Waals surface area contributed by atoms with E-state index < -0.39 is 7.51 Å². The second-order valence-electron chi connectivity index (χ2n) is 5.97. The molecule has 0 aliphatic carbocycles. The summed E-state index contributed by atoms with van der Waals surface area (Å²) in [6.07, 6.45) is 0. The lowest BCUT2D eigenvalue weighted by atomic mass is 10.2. The second kappa shape index (κ2) is 7.89. The fraction of sp³-hybridized carbons (Fsp3) is 0.333.